The minimum absolute atomic E-state index is 0.0495. The summed E-state index contributed by atoms with van der Waals surface area (Å²) in [6.07, 6.45) is 0.0495. The topological polar surface area (TPSA) is 110 Å². The van der Waals surface area contributed by atoms with Gasteiger partial charge in [0.15, 0.2) is 11.5 Å². The maximum atomic E-state index is 12.7. The van der Waals surface area contributed by atoms with Gasteiger partial charge < -0.3 is 14.4 Å². The molecule has 34 heavy (non-hydrogen) atoms. The van der Waals surface area contributed by atoms with Crippen LogP contribution in [0.5, 0.6) is 11.5 Å². The molecule has 1 aromatic heterocycles. The number of thiazole rings is 1. The summed E-state index contributed by atoms with van der Waals surface area (Å²) >= 11 is 1.25. The van der Waals surface area contributed by atoms with E-state index in [2.05, 4.69) is 15.8 Å². The highest BCUT2D eigenvalue weighted by atomic mass is 32.1. The minimum Gasteiger partial charge on any atom is -0.486 e. The largest absolute Gasteiger partial charge is 0.486 e. The average Bonchev–Trinajstić information content (AvgIpc) is 3.45. The lowest BCUT2D eigenvalue weighted by molar-refractivity contribution is -0.126. The van der Waals surface area contributed by atoms with Crippen molar-refractivity contribution in [2.75, 3.05) is 24.7 Å². The number of hydrogen-bond donors (Lipinski definition) is 2. The number of hydrogen-bond acceptors (Lipinski definition) is 7. The Labute approximate surface area is 199 Å². The highest BCUT2D eigenvalue weighted by Crippen LogP contribution is 2.36. The Bertz CT molecular complexity index is 1260. The van der Waals surface area contributed by atoms with Crippen molar-refractivity contribution in [2.24, 2.45) is 5.92 Å². The number of carbonyl (C=O) groups excluding carboxylic acids is 3. The number of benzene rings is 2. The van der Waals surface area contributed by atoms with E-state index in [1.165, 1.54) is 11.3 Å². The van der Waals surface area contributed by atoms with E-state index in [0.717, 1.165) is 10.6 Å². The number of anilines is 1. The van der Waals surface area contributed by atoms with Crippen molar-refractivity contribution in [3.8, 4) is 22.1 Å². The second-order valence-corrected chi connectivity index (χ2v) is 8.98. The fourth-order valence-corrected chi connectivity index (χ4v) is 4.89. The van der Waals surface area contributed by atoms with Crippen molar-refractivity contribution in [2.45, 2.75) is 13.3 Å². The van der Waals surface area contributed by atoms with Crippen molar-refractivity contribution in [1.29, 1.82) is 0 Å². The van der Waals surface area contributed by atoms with E-state index in [0.29, 0.717) is 41.0 Å². The molecular weight excluding hydrogens is 456 g/mol. The molecular formula is C24H22N4O5S. The second-order valence-electron chi connectivity index (χ2n) is 7.98. The van der Waals surface area contributed by atoms with Gasteiger partial charge in [0, 0.05) is 30.3 Å². The number of fused-ring (bicyclic) bond motifs is 1. The Morgan fingerprint density at radius 2 is 1.82 bits per heavy atom. The lowest BCUT2D eigenvalue weighted by Gasteiger charge is -2.22. The lowest BCUT2D eigenvalue weighted by Crippen LogP contribution is -2.45. The molecule has 2 N–H and O–H groups in total. The molecule has 2 aliphatic heterocycles. The Hall–Kier alpha value is -3.92. The summed E-state index contributed by atoms with van der Waals surface area (Å²) in [4.78, 5) is 44.3. The first-order chi connectivity index (χ1) is 16.5. The maximum absolute atomic E-state index is 12.7. The molecule has 1 unspecified atom stereocenters. The number of rotatable bonds is 4. The van der Waals surface area contributed by atoms with Crippen molar-refractivity contribution in [3.63, 3.8) is 0 Å². The predicted molar refractivity (Wildman–Crippen MR) is 126 cm³/mol. The van der Waals surface area contributed by atoms with Gasteiger partial charge >= 0.3 is 0 Å². The third kappa shape index (κ3) is 4.32. The molecule has 1 fully saturated rings. The van der Waals surface area contributed by atoms with Crippen molar-refractivity contribution in [3.05, 3.63) is 59.1 Å². The van der Waals surface area contributed by atoms with E-state index in [1.807, 2.05) is 30.3 Å². The monoisotopic (exact) mass is 478 g/mol. The number of aromatic nitrogens is 1. The molecule has 1 saturated heterocycles. The number of nitrogens with one attached hydrogen (secondary N) is 2. The van der Waals surface area contributed by atoms with Crippen LogP contribution in [0.1, 0.15) is 21.8 Å². The first kappa shape index (κ1) is 21.9. The van der Waals surface area contributed by atoms with Crippen LogP contribution < -0.4 is 25.2 Å². The number of nitrogens with zero attached hydrogens (tertiary/aromatic N) is 2. The summed E-state index contributed by atoms with van der Waals surface area (Å²) in [5.41, 5.74) is 7.06. The van der Waals surface area contributed by atoms with Gasteiger partial charge in [0.05, 0.1) is 11.6 Å². The second kappa shape index (κ2) is 9.14. The molecule has 10 heteroatoms. The van der Waals surface area contributed by atoms with Crippen LogP contribution in [0.3, 0.4) is 0 Å². The van der Waals surface area contributed by atoms with E-state index in [9.17, 15) is 14.4 Å². The zero-order valence-corrected chi connectivity index (χ0v) is 19.2. The van der Waals surface area contributed by atoms with Crippen LogP contribution in [0.2, 0.25) is 0 Å². The normalized spacial score (nSPS) is 16.9. The number of hydrazine groups is 1. The molecule has 2 aromatic carbocycles. The fourth-order valence-electron chi connectivity index (χ4n) is 3.92. The standard InChI is InChI=1S/C24H22N4O5S/c1-14-21(34-24(25-14)15-5-3-2-4-6-15)23(31)27-26-22(30)16-11-20(29)28(13-16)17-7-8-18-19(12-17)33-10-9-32-18/h2-8,12,16H,9-11,13H2,1H3,(H,26,30)(H,27,31). The van der Waals surface area contributed by atoms with Crippen molar-refractivity contribution < 1.29 is 23.9 Å². The molecule has 3 amide bonds. The van der Waals surface area contributed by atoms with Crippen LogP contribution in [-0.4, -0.2) is 42.5 Å². The van der Waals surface area contributed by atoms with Crippen molar-refractivity contribution >= 4 is 34.7 Å². The maximum Gasteiger partial charge on any atom is 0.281 e. The molecule has 0 aliphatic carbocycles. The fraction of sp³-hybridized carbons (Fsp3) is 0.250. The third-order valence-electron chi connectivity index (χ3n) is 5.66. The van der Waals surface area contributed by atoms with Crippen LogP contribution in [-0.2, 0) is 9.59 Å². The van der Waals surface area contributed by atoms with E-state index in [-0.39, 0.29) is 18.9 Å². The number of aryl methyl sites for hydroxylation is 1. The first-order valence-corrected chi connectivity index (χ1v) is 11.6. The molecule has 0 radical (unpaired) electrons. The summed E-state index contributed by atoms with van der Waals surface area (Å²) in [7, 11) is 0. The third-order valence-corrected chi connectivity index (χ3v) is 6.86. The highest BCUT2D eigenvalue weighted by Gasteiger charge is 2.36. The van der Waals surface area contributed by atoms with Crippen LogP contribution in [0.25, 0.3) is 10.6 Å². The van der Waals surface area contributed by atoms with Gasteiger partial charge in [-0.25, -0.2) is 4.98 Å². The van der Waals surface area contributed by atoms with Gasteiger partial charge in [0.1, 0.15) is 23.1 Å². The quantitative estimate of drug-likeness (QED) is 0.558. The lowest BCUT2D eigenvalue weighted by atomic mass is 10.1. The summed E-state index contributed by atoms with van der Waals surface area (Å²) < 4.78 is 11.1. The zero-order valence-electron chi connectivity index (χ0n) is 18.4. The summed E-state index contributed by atoms with van der Waals surface area (Å²) in [6, 6.07) is 14.8. The number of amides is 3. The molecule has 5 rings (SSSR count). The van der Waals surface area contributed by atoms with Gasteiger partial charge in [0.2, 0.25) is 11.8 Å². The van der Waals surface area contributed by atoms with Crippen LogP contribution in [0.15, 0.2) is 48.5 Å². The molecule has 3 heterocycles. The van der Waals surface area contributed by atoms with Gasteiger partial charge in [-0.2, -0.15) is 0 Å². The molecule has 1 atom stereocenters. The molecule has 9 nitrogen and oxygen atoms in total. The number of ether oxygens (including phenoxy) is 2. The summed E-state index contributed by atoms with van der Waals surface area (Å²) in [5, 5.41) is 0.728. The molecule has 2 aliphatic rings. The summed E-state index contributed by atoms with van der Waals surface area (Å²) in [5.74, 6) is -0.429. The Balaban J connectivity index is 1.20. The molecule has 0 saturated carbocycles. The van der Waals surface area contributed by atoms with E-state index in [1.54, 1.807) is 30.0 Å². The van der Waals surface area contributed by atoms with Crippen molar-refractivity contribution in [1.82, 2.24) is 15.8 Å². The van der Waals surface area contributed by atoms with Gasteiger partial charge in [0.25, 0.3) is 5.91 Å². The average molecular weight is 479 g/mol. The van der Waals surface area contributed by atoms with Gasteiger partial charge in [-0.3, -0.25) is 25.2 Å². The SMILES string of the molecule is Cc1nc(-c2ccccc2)sc1C(=O)NNC(=O)C1CC(=O)N(c2ccc3c(c2)OCCO3)C1. The first-order valence-electron chi connectivity index (χ1n) is 10.8. The molecule has 0 spiro atoms. The molecule has 174 valence electrons. The smallest absolute Gasteiger partial charge is 0.281 e. The summed E-state index contributed by atoms with van der Waals surface area (Å²) in [6.45, 7) is 2.89. The molecule has 3 aromatic rings. The molecule has 0 bridgehead atoms. The minimum atomic E-state index is -0.594. The van der Waals surface area contributed by atoms with Crippen LogP contribution in [0.4, 0.5) is 5.69 Å². The Morgan fingerprint density at radius 1 is 1.06 bits per heavy atom. The Morgan fingerprint density at radius 3 is 2.62 bits per heavy atom. The van der Waals surface area contributed by atoms with Gasteiger partial charge in [-0.15, -0.1) is 11.3 Å². The zero-order chi connectivity index (χ0) is 23.7. The Kier molecular flexibility index (Phi) is 5.89. The van der Waals surface area contributed by atoms with E-state index < -0.39 is 17.7 Å². The highest BCUT2D eigenvalue weighted by molar-refractivity contribution is 7.17. The van der Waals surface area contributed by atoms with E-state index >= 15 is 0 Å². The predicted octanol–water partition coefficient (Wildman–Crippen LogP) is 2.70. The van der Waals surface area contributed by atoms with Crippen LogP contribution >= 0.6 is 11.3 Å². The number of carbonyl (C=O) groups is 3. The van der Waals surface area contributed by atoms with E-state index in [4.69, 9.17) is 9.47 Å². The van der Waals surface area contributed by atoms with Gasteiger partial charge in [-0.1, -0.05) is 30.3 Å². The van der Waals surface area contributed by atoms with Gasteiger partial charge in [-0.05, 0) is 19.1 Å². The van der Waals surface area contributed by atoms with Crippen LogP contribution in [0, 0.1) is 12.8 Å².